The first-order chi connectivity index (χ1) is 11.3. The summed E-state index contributed by atoms with van der Waals surface area (Å²) in [6.45, 7) is 2.43. The minimum absolute atomic E-state index is 0.281. The van der Waals surface area contributed by atoms with E-state index in [9.17, 15) is 4.79 Å². The van der Waals surface area contributed by atoms with E-state index in [1.165, 1.54) is 0 Å². The van der Waals surface area contributed by atoms with Gasteiger partial charge in [0, 0.05) is 29.6 Å². The molecule has 23 heavy (non-hydrogen) atoms. The molecule has 6 heteroatoms. The van der Waals surface area contributed by atoms with Crippen molar-refractivity contribution in [3.05, 3.63) is 60.4 Å². The Morgan fingerprint density at radius 3 is 2.83 bits per heavy atom. The highest BCUT2D eigenvalue weighted by atomic mass is 16.5. The predicted octanol–water partition coefficient (Wildman–Crippen LogP) is 3.39. The Labute approximate surface area is 133 Å². The Hall–Kier alpha value is -3.15. The molecule has 0 fully saturated rings. The molecule has 0 saturated heterocycles. The Balaban J connectivity index is 1.73. The normalized spacial score (nSPS) is 10.3. The molecule has 0 atom stereocenters. The van der Waals surface area contributed by atoms with Crippen molar-refractivity contribution in [1.29, 1.82) is 0 Å². The van der Waals surface area contributed by atoms with Crippen molar-refractivity contribution in [3.63, 3.8) is 0 Å². The number of hydrogen-bond donors (Lipinski definition) is 1. The minimum atomic E-state index is -0.288. The molecule has 116 valence electrons. The van der Waals surface area contributed by atoms with Crippen LogP contribution < -0.4 is 10.1 Å². The second-order valence-electron chi connectivity index (χ2n) is 4.73. The average Bonchev–Trinajstić information content (AvgIpc) is 3.05. The molecular formula is C17H15N3O3. The van der Waals surface area contributed by atoms with E-state index < -0.39 is 0 Å². The van der Waals surface area contributed by atoms with E-state index in [1.807, 2.05) is 19.1 Å². The van der Waals surface area contributed by atoms with Gasteiger partial charge in [-0.2, -0.15) is 0 Å². The lowest BCUT2D eigenvalue weighted by Crippen LogP contribution is -2.11. The second kappa shape index (κ2) is 6.74. The lowest BCUT2D eigenvalue weighted by molar-refractivity contribution is 0.102. The van der Waals surface area contributed by atoms with Crippen LogP contribution in [0.5, 0.6) is 5.75 Å². The van der Waals surface area contributed by atoms with Gasteiger partial charge in [0.2, 0.25) is 5.88 Å². The van der Waals surface area contributed by atoms with Gasteiger partial charge in [-0.25, -0.2) is 0 Å². The van der Waals surface area contributed by atoms with Crippen LogP contribution in [0.15, 0.2) is 59.4 Å². The number of anilines is 1. The number of amides is 1. The summed E-state index contributed by atoms with van der Waals surface area (Å²) in [4.78, 5) is 16.2. The number of benzene rings is 1. The summed E-state index contributed by atoms with van der Waals surface area (Å²) in [6.07, 6.45) is 3.34. The van der Waals surface area contributed by atoms with Gasteiger partial charge in [-0.3, -0.25) is 15.1 Å². The number of rotatable bonds is 5. The van der Waals surface area contributed by atoms with Gasteiger partial charge in [0.25, 0.3) is 5.91 Å². The summed E-state index contributed by atoms with van der Waals surface area (Å²) in [5.41, 5.74) is 1.98. The highest BCUT2D eigenvalue weighted by Crippen LogP contribution is 2.21. The maximum Gasteiger partial charge on any atom is 0.258 e. The lowest BCUT2D eigenvalue weighted by atomic mass is 10.2. The van der Waals surface area contributed by atoms with Crippen molar-refractivity contribution in [2.75, 3.05) is 11.9 Å². The summed E-state index contributed by atoms with van der Waals surface area (Å²) < 4.78 is 10.5. The molecule has 0 aliphatic heterocycles. The van der Waals surface area contributed by atoms with Gasteiger partial charge in [0.05, 0.1) is 6.61 Å². The highest BCUT2D eigenvalue weighted by molar-refractivity contribution is 6.03. The van der Waals surface area contributed by atoms with Gasteiger partial charge >= 0.3 is 0 Å². The molecule has 0 aliphatic rings. The third-order valence-electron chi connectivity index (χ3n) is 3.13. The smallest absolute Gasteiger partial charge is 0.258 e. The number of pyridine rings is 1. The van der Waals surface area contributed by atoms with E-state index in [2.05, 4.69) is 15.5 Å². The van der Waals surface area contributed by atoms with Crippen molar-refractivity contribution >= 4 is 11.8 Å². The standard InChI is InChI=1S/C17H15N3O3/c1-2-22-14-5-3-4-13(10-14)17(21)19-16-11-15(20-23-16)12-6-8-18-9-7-12/h3-11H,2H2,1H3,(H,19,21). The van der Waals surface area contributed by atoms with E-state index >= 15 is 0 Å². The van der Waals surface area contributed by atoms with Crippen LogP contribution in [0.1, 0.15) is 17.3 Å². The van der Waals surface area contributed by atoms with Crippen molar-refractivity contribution in [2.24, 2.45) is 0 Å². The van der Waals surface area contributed by atoms with Crippen molar-refractivity contribution < 1.29 is 14.1 Å². The maximum absolute atomic E-state index is 12.3. The number of carbonyl (C=O) groups excluding carboxylic acids is 1. The number of nitrogens with zero attached hydrogens (tertiary/aromatic N) is 2. The van der Waals surface area contributed by atoms with Gasteiger partial charge in [-0.05, 0) is 37.3 Å². The zero-order valence-electron chi connectivity index (χ0n) is 12.5. The molecule has 0 unspecified atom stereocenters. The van der Waals surface area contributed by atoms with Crippen LogP contribution in [0.4, 0.5) is 5.88 Å². The molecule has 2 aromatic heterocycles. The molecule has 3 aromatic rings. The molecule has 0 bridgehead atoms. The SMILES string of the molecule is CCOc1cccc(C(=O)Nc2cc(-c3ccncc3)no2)c1. The summed E-state index contributed by atoms with van der Waals surface area (Å²) >= 11 is 0. The molecule has 6 nitrogen and oxygen atoms in total. The molecule has 1 aromatic carbocycles. The van der Waals surface area contributed by atoms with E-state index in [-0.39, 0.29) is 11.8 Å². The third-order valence-corrected chi connectivity index (χ3v) is 3.13. The lowest BCUT2D eigenvalue weighted by Gasteiger charge is -2.05. The largest absolute Gasteiger partial charge is 0.494 e. The zero-order chi connectivity index (χ0) is 16.1. The van der Waals surface area contributed by atoms with Crippen molar-refractivity contribution in [3.8, 4) is 17.0 Å². The summed E-state index contributed by atoms with van der Waals surface area (Å²) in [5.74, 6) is 0.641. The Morgan fingerprint density at radius 2 is 2.04 bits per heavy atom. The molecule has 0 radical (unpaired) electrons. The van der Waals surface area contributed by atoms with E-state index in [1.54, 1.807) is 42.7 Å². The van der Waals surface area contributed by atoms with Crippen molar-refractivity contribution in [2.45, 2.75) is 6.92 Å². The van der Waals surface area contributed by atoms with E-state index in [0.717, 1.165) is 5.56 Å². The second-order valence-corrected chi connectivity index (χ2v) is 4.73. The van der Waals surface area contributed by atoms with Gasteiger partial charge < -0.3 is 9.26 Å². The quantitative estimate of drug-likeness (QED) is 0.781. The zero-order valence-corrected chi connectivity index (χ0v) is 12.5. The molecule has 1 N–H and O–H groups in total. The Bertz CT molecular complexity index is 800. The summed E-state index contributed by atoms with van der Waals surface area (Å²) in [6, 6.07) is 12.2. The molecular weight excluding hydrogens is 294 g/mol. The number of hydrogen-bond acceptors (Lipinski definition) is 5. The van der Waals surface area contributed by atoms with Crippen LogP contribution in [0.2, 0.25) is 0 Å². The number of aromatic nitrogens is 2. The summed E-state index contributed by atoms with van der Waals surface area (Å²) in [5, 5.41) is 6.62. The molecule has 3 rings (SSSR count). The van der Waals surface area contributed by atoms with E-state index in [0.29, 0.717) is 23.6 Å². The van der Waals surface area contributed by atoms with Crippen LogP contribution in [0.25, 0.3) is 11.3 Å². The van der Waals surface area contributed by atoms with Crippen molar-refractivity contribution in [1.82, 2.24) is 10.1 Å². The summed E-state index contributed by atoms with van der Waals surface area (Å²) in [7, 11) is 0. The average molecular weight is 309 g/mol. The third kappa shape index (κ3) is 3.55. The highest BCUT2D eigenvalue weighted by Gasteiger charge is 2.12. The molecule has 0 saturated carbocycles. The van der Waals surface area contributed by atoms with Gasteiger partial charge in [0.1, 0.15) is 11.4 Å². The molecule has 2 heterocycles. The molecule has 0 spiro atoms. The van der Waals surface area contributed by atoms with Crippen LogP contribution in [0.3, 0.4) is 0 Å². The van der Waals surface area contributed by atoms with Gasteiger partial charge in [-0.15, -0.1) is 0 Å². The first kappa shape index (κ1) is 14.8. The maximum atomic E-state index is 12.3. The number of ether oxygens (including phenoxy) is 1. The predicted molar refractivity (Wildman–Crippen MR) is 85.3 cm³/mol. The van der Waals surface area contributed by atoms with Crippen LogP contribution in [-0.2, 0) is 0 Å². The van der Waals surface area contributed by atoms with Crippen LogP contribution in [0, 0.1) is 0 Å². The van der Waals surface area contributed by atoms with Gasteiger partial charge in [-0.1, -0.05) is 11.2 Å². The molecule has 0 aliphatic carbocycles. The van der Waals surface area contributed by atoms with E-state index in [4.69, 9.17) is 9.26 Å². The number of nitrogens with one attached hydrogen (secondary N) is 1. The fraction of sp³-hybridized carbons (Fsp3) is 0.118. The fourth-order valence-corrected chi connectivity index (χ4v) is 2.07. The molecule has 1 amide bonds. The topological polar surface area (TPSA) is 77.2 Å². The fourth-order valence-electron chi connectivity index (χ4n) is 2.07. The Kier molecular flexibility index (Phi) is 4.33. The van der Waals surface area contributed by atoms with Gasteiger partial charge in [0.15, 0.2) is 0 Å². The number of carbonyl (C=O) groups is 1. The van der Waals surface area contributed by atoms with Crippen LogP contribution >= 0.6 is 0 Å². The first-order valence-electron chi connectivity index (χ1n) is 7.17. The van der Waals surface area contributed by atoms with Crippen LogP contribution in [-0.4, -0.2) is 22.7 Å². The first-order valence-corrected chi connectivity index (χ1v) is 7.17. The minimum Gasteiger partial charge on any atom is -0.494 e. The monoisotopic (exact) mass is 309 g/mol. The Morgan fingerprint density at radius 1 is 1.22 bits per heavy atom.